The lowest BCUT2D eigenvalue weighted by Crippen LogP contribution is -2.13. The van der Waals surface area contributed by atoms with Crippen LogP contribution in [0.1, 0.15) is 62.5 Å². The van der Waals surface area contributed by atoms with Gasteiger partial charge in [-0.25, -0.2) is 18.7 Å². The molecular weight excluding hydrogens is 392 g/mol. The third-order valence-electron chi connectivity index (χ3n) is 6.32. The maximum Gasteiger partial charge on any atom is 0.159 e. The van der Waals surface area contributed by atoms with Crippen molar-refractivity contribution in [2.24, 2.45) is 5.92 Å². The largest absolute Gasteiger partial charge is 0.236 e. The minimum Gasteiger partial charge on any atom is -0.236 e. The summed E-state index contributed by atoms with van der Waals surface area (Å²) in [5.41, 5.74) is 2.84. The topological polar surface area (TPSA) is 49.6 Å². The zero-order chi connectivity index (χ0) is 21.8. The number of rotatable bonds is 5. The maximum atomic E-state index is 13.9. The highest BCUT2D eigenvalue weighted by molar-refractivity contribution is 5.64. The predicted octanol–water partition coefficient (Wildman–Crippen LogP) is 7.03. The van der Waals surface area contributed by atoms with Crippen molar-refractivity contribution in [1.82, 2.24) is 9.97 Å². The van der Waals surface area contributed by atoms with Crippen LogP contribution in [0.4, 0.5) is 8.78 Å². The molecule has 1 fully saturated rings. The van der Waals surface area contributed by atoms with Gasteiger partial charge in [-0.05, 0) is 60.8 Å². The van der Waals surface area contributed by atoms with E-state index in [1.54, 1.807) is 12.4 Å². The van der Waals surface area contributed by atoms with Crippen molar-refractivity contribution in [3.63, 3.8) is 0 Å². The molecule has 0 saturated heterocycles. The lowest BCUT2D eigenvalue weighted by atomic mass is 9.77. The monoisotopic (exact) mass is 417 g/mol. The molecule has 0 aliphatic heterocycles. The average Bonchev–Trinajstić information content (AvgIpc) is 2.80. The molecule has 0 amide bonds. The quantitative estimate of drug-likeness (QED) is 0.447. The zero-order valence-electron chi connectivity index (χ0n) is 17.6. The van der Waals surface area contributed by atoms with Crippen LogP contribution in [-0.4, -0.2) is 9.97 Å². The Morgan fingerprint density at radius 3 is 2.06 bits per heavy atom. The van der Waals surface area contributed by atoms with Crippen molar-refractivity contribution >= 4 is 0 Å². The molecular formula is C26H25F2N3. The van der Waals surface area contributed by atoms with Gasteiger partial charge in [-0.2, -0.15) is 5.26 Å². The summed E-state index contributed by atoms with van der Waals surface area (Å²) in [6.45, 7) is 2.27. The summed E-state index contributed by atoms with van der Waals surface area (Å²) in [6.07, 6.45) is 11.1. The first-order valence-electron chi connectivity index (χ1n) is 10.9. The average molecular weight is 418 g/mol. The molecule has 31 heavy (non-hydrogen) atoms. The summed E-state index contributed by atoms with van der Waals surface area (Å²) in [5.74, 6) is -0.0725. The van der Waals surface area contributed by atoms with Gasteiger partial charge in [0.25, 0.3) is 0 Å². The van der Waals surface area contributed by atoms with Gasteiger partial charge in [0.1, 0.15) is 23.3 Å². The predicted molar refractivity (Wildman–Crippen MR) is 117 cm³/mol. The van der Waals surface area contributed by atoms with Crippen molar-refractivity contribution < 1.29 is 8.78 Å². The minimum absolute atomic E-state index is 0.203. The lowest BCUT2D eigenvalue weighted by Gasteiger charge is -2.28. The summed E-state index contributed by atoms with van der Waals surface area (Å²) in [4.78, 5) is 8.55. The fraction of sp³-hybridized carbons (Fsp3) is 0.346. The minimum atomic E-state index is -0.913. The molecule has 1 saturated carbocycles. The number of benzene rings is 2. The van der Waals surface area contributed by atoms with Crippen LogP contribution in [0, 0.1) is 28.9 Å². The van der Waals surface area contributed by atoms with Crippen molar-refractivity contribution in [2.45, 2.75) is 51.4 Å². The molecule has 3 aromatic rings. The number of aromatic nitrogens is 2. The van der Waals surface area contributed by atoms with Gasteiger partial charge in [0.2, 0.25) is 0 Å². The molecule has 0 radical (unpaired) electrons. The van der Waals surface area contributed by atoms with Crippen molar-refractivity contribution in [2.75, 3.05) is 0 Å². The smallest absolute Gasteiger partial charge is 0.159 e. The molecule has 4 rings (SSSR count). The highest BCUT2D eigenvalue weighted by Gasteiger charge is 2.21. The molecule has 0 unspecified atom stereocenters. The van der Waals surface area contributed by atoms with Crippen LogP contribution in [0.25, 0.3) is 22.5 Å². The van der Waals surface area contributed by atoms with E-state index in [0.717, 1.165) is 29.2 Å². The van der Waals surface area contributed by atoms with Crippen molar-refractivity contribution in [3.05, 3.63) is 71.6 Å². The lowest BCUT2D eigenvalue weighted by molar-refractivity contribution is 0.308. The van der Waals surface area contributed by atoms with Crippen molar-refractivity contribution in [3.8, 4) is 28.6 Å². The van der Waals surface area contributed by atoms with Gasteiger partial charge in [-0.3, -0.25) is 0 Å². The molecule has 2 aromatic carbocycles. The van der Waals surface area contributed by atoms with Crippen LogP contribution in [0.2, 0.25) is 0 Å². The van der Waals surface area contributed by atoms with Gasteiger partial charge in [0.05, 0.1) is 0 Å². The van der Waals surface area contributed by atoms with Crippen LogP contribution in [0.3, 0.4) is 0 Å². The van der Waals surface area contributed by atoms with E-state index >= 15 is 0 Å². The van der Waals surface area contributed by atoms with Gasteiger partial charge in [-0.15, -0.1) is 0 Å². The summed E-state index contributed by atoms with van der Waals surface area (Å²) >= 11 is 0. The van der Waals surface area contributed by atoms with E-state index in [1.807, 2.05) is 0 Å². The number of hydrogen-bond acceptors (Lipinski definition) is 3. The number of nitriles is 1. The second-order valence-corrected chi connectivity index (χ2v) is 8.35. The molecule has 0 bridgehead atoms. The summed E-state index contributed by atoms with van der Waals surface area (Å²) in [5, 5.41) is 8.80. The molecule has 3 nitrogen and oxygen atoms in total. The SMILES string of the molecule is CCCC1CCC(c2ccc(-c3cnc(-c4cc(F)c(C#N)c(F)c4)nc3)cc2)CC1. The Bertz CT molecular complexity index is 1050. The molecule has 1 heterocycles. The first-order chi connectivity index (χ1) is 15.1. The van der Waals surface area contributed by atoms with Gasteiger partial charge >= 0.3 is 0 Å². The molecule has 5 heteroatoms. The highest BCUT2D eigenvalue weighted by atomic mass is 19.1. The van der Waals surface area contributed by atoms with E-state index < -0.39 is 17.2 Å². The van der Waals surface area contributed by atoms with Crippen LogP contribution >= 0.6 is 0 Å². The third kappa shape index (κ3) is 4.64. The van der Waals surface area contributed by atoms with Crippen LogP contribution in [0.5, 0.6) is 0 Å². The fourth-order valence-corrected chi connectivity index (χ4v) is 4.58. The van der Waals surface area contributed by atoms with Crippen LogP contribution < -0.4 is 0 Å². The molecule has 158 valence electrons. The van der Waals surface area contributed by atoms with Crippen LogP contribution in [0.15, 0.2) is 48.8 Å². The third-order valence-corrected chi connectivity index (χ3v) is 6.32. The van der Waals surface area contributed by atoms with Gasteiger partial charge in [0.15, 0.2) is 5.82 Å². The van der Waals surface area contributed by atoms with Crippen molar-refractivity contribution in [1.29, 1.82) is 5.26 Å². The van der Waals surface area contributed by atoms with E-state index in [2.05, 4.69) is 41.2 Å². The second kappa shape index (κ2) is 9.34. The Morgan fingerprint density at radius 1 is 0.903 bits per heavy atom. The number of halogens is 2. The Hall–Kier alpha value is -3.13. The second-order valence-electron chi connectivity index (χ2n) is 8.35. The fourth-order valence-electron chi connectivity index (χ4n) is 4.58. The standard InChI is InChI=1S/C26H25F2N3/c1-2-3-17-4-6-18(7-5-17)19-8-10-20(11-9-19)22-15-30-26(31-16-22)21-12-24(27)23(14-29)25(28)13-21/h8-13,15-18H,2-7H2,1H3. The molecule has 0 N–H and O–H groups in total. The first-order valence-corrected chi connectivity index (χ1v) is 10.9. The summed E-state index contributed by atoms with van der Waals surface area (Å²) in [7, 11) is 0. The van der Waals surface area contributed by atoms with E-state index in [0.29, 0.717) is 5.92 Å². The Labute approximate surface area is 181 Å². The Kier molecular flexibility index (Phi) is 6.36. The Morgan fingerprint density at radius 2 is 1.52 bits per heavy atom. The normalized spacial score (nSPS) is 18.5. The highest BCUT2D eigenvalue weighted by Crippen LogP contribution is 2.38. The van der Waals surface area contributed by atoms with Gasteiger partial charge in [-0.1, -0.05) is 44.0 Å². The van der Waals surface area contributed by atoms with E-state index in [1.165, 1.54) is 50.2 Å². The first kappa shape index (κ1) is 21.1. The maximum absolute atomic E-state index is 13.9. The van der Waals surface area contributed by atoms with E-state index in [9.17, 15) is 8.78 Å². The number of nitrogens with zero attached hydrogens (tertiary/aromatic N) is 3. The van der Waals surface area contributed by atoms with Crippen LogP contribution in [-0.2, 0) is 0 Å². The molecule has 1 aliphatic rings. The van der Waals surface area contributed by atoms with Gasteiger partial charge in [0, 0.05) is 23.5 Å². The molecule has 0 atom stereocenters. The molecule has 1 aromatic heterocycles. The molecule has 1 aliphatic carbocycles. The zero-order valence-corrected chi connectivity index (χ0v) is 17.6. The van der Waals surface area contributed by atoms with E-state index in [4.69, 9.17) is 5.26 Å². The van der Waals surface area contributed by atoms with Gasteiger partial charge < -0.3 is 0 Å². The molecule has 0 spiro atoms. The van der Waals surface area contributed by atoms with E-state index in [-0.39, 0.29) is 11.4 Å². The summed E-state index contributed by atoms with van der Waals surface area (Å²) < 4.78 is 27.7. The Balaban J connectivity index is 1.47. The summed E-state index contributed by atoms with van der Waals surface area (Å²) in [6, 6.07) is 12.3. The number of hydrogen-bond donors (Lipinski definition) is 0.